The fourth-order valence-electron chi connectivity index (χ4n) is 3.55. The number of carbonyl (C=O) groups is 2. The number of aromatic nitrogens is 4. The summed E-state index contributed by atoms with van der Waals surface area (Å²) in [5.74, 6) is -1.31. The Balaban J connectivity index is 1.49. The van der Waals surface area contributed by atoms with Crippen LogP contribution in [0.3, 0.4) is 0 Å². The first-order valence-electron chi connectivity index (χ1n) is 10.7. The maximum Gasteiger partial charge on any atom is 0.358 e. The zero-order valence-corrected chi connectivity index (χ0v) is 18.4. The predicted molar refractivity (Wildman–Crippen MR) is 125 cm³/mol. The van der Waals surface area contributed by atoms with E-state index < -0.39 is 11.8 Å². The van der Waals surface area contributed by atoms with Gasteiger partial charge >= 0.3 is 5.97 Å². The quantitative estimate of drug-likeness (QED) is 0.359. The first-order valence-corrected chi connectivity index (χ1v) is 10.7. The maximum absolute atomic E-state index is 13.5. The summed E-state index contributed by atoms with van der Waals surface area (Å²) in [6.45, 7) is 1.91. The highest BCUT2D eigenvalue weighted by molar-refractivity contribution is 6.06. The van der Waals surface area contributed by atoms with Crippen LogP contribution in [0.5, 0.6) is 0 Å². The third kappa shape index (κ3) is 4.49. The van der Waals surface area contributed by atoms with Crippen LogP contribution in [0.25, 0.3) is 28.0 Å². The molecular formula is C25H18FN5O4. The number of benzene rings is 3. The summed E-state index contributed by atoms with van der Waals surface area (Å²) in [6.07, 6.45) is 0. The van der Waals surface area contributed by atoms with Gasteiger partial charge in [-0.15, -0.1) is 0 Å². The molecule has 0 spiro atoms. The second-order valence-electron chi connectivity index (χ2n) is 7.53. The fraction of sp³-hybridized carbons (Fsp3) is 0.0800. The van der Waals surface area contributed by atoms with Gasteiger partial charge in [0.15, 0.2) is 5.69 Å². The van der Waals surface area contributed by atoms with Crippen molar-refractivity contribution in [2.24, 2.45) is 0 Å². The van der Waals surface area contributed by atoms with Gasteiger partial charge in [-0.25, -0.2) is 18.5 Å². The van der Waals surface area contributed by atoms with Crippen LogP contribution in [0.15, 0.2) is 77.4 Å². The monoisotopic (exact) mass is 471 g/mol. The van der Waals surface area contributed by atoms with Gasteiger partial charge in [-0.3, -0.25) is 4.79 Å². The van der Waals surface area contributed by atoms with E-state index in [1.807, 2.05) is 6.07 Å². The molecule has 5 rings (SSSR count). The van der Waals surface area contributed by atoms with Gasteiger partial charge < -0.3 is 10.1 Å². The summed E-state index contributed by atoms with van der Waals surface area (Å²) in [4.78, 5) is 25.1. The molecule has 174 valence electrons. The Kier molecular flexibility index (Phi) is 5.76. The molecule has 2 heterocycles. The second kappa shape index (κ2) is 9.18. The Morgan fingerprint density at radius 2 is 1.80 bits per heavy atom. The van der Waals surface area contributed by atoms with Crippen molar-refractivity contribution in [3.8, 4) is 16.9 Å². The van der Waals surface area contributed by atoms with Crippen molar-refractivity contribution in [2.45, 2.75) is 6.92 Å². The lowest BCUT2D eigenvalue weighted by atomic mass is 10.1. The van der Waals surface area contributed by atoms with E-state index in [9.17, 15) is 14.0 Å². The highest BCUT2D eigenvalue weighted by Gasteiger charge is 2.18. The fourth-order valence-corrected chi connectivity index (χ4v) is 3.55. The van der Waals surface area contributed by atoms with E-state index in [0.29, 0.717) is 39.2 Å². The summed E-state index contributed by atoms with van der Waals surface area (Å²) in [5.41, 5.74) is 3.83. The van der Waals surface area contributed by atoms with Crippen LogP contribution in [0.2, 0.25) is 0 Å². The van der Waals surface area contributed by atoms with Crippen LogP contribution in [-0.4, -0.2) is 38.6 Å². The van der Waals surface area contributed by atoms with E-state index >= 15 is 0 Å². The van der Waals surface area contributed by atoms with E-state index in [-0.39, 0.29) is 18.2 Å². The van der Waals surface area contributed by atoms with Gasteiger partial charge in [-0.1, -0.05) is 12.1 Å². The molecule has 0 aliphatic rings. The normalized spacial score (nSPS) is 10.9. The zero-order valence-electron chi connectivity index (χ0n) is 18.4. The number of halogens is 1. The van der Waals surface area contributed by atoms with Gasteiger partial charge in [0.2, 0.25) is 0 Å². The van der Waals surface area contributed by atoms with Crippen LogP contribution in [0.1, 0.15) is 27.8 Å². The number of fused-ring (bicyclic) bond motifs is 1. The van der Waals surface area contributed by atoms with Crippen molar-refractivity contribution in [3.05, 3.63) is 89.9 Å². The van der Waals surface area contributed by atoms with Gasteiger partial charge in [0.1, 0.15) is 16.9 Å². The highest BCUT2D eigenvalue weighted by atomic mass is 19.1. The van der Waals surface area contributed by atoms with E-state index in [4.69, 9.17) is 4.74 Å². The van der Waals surface area contributed by atoms with Gasteiger partial charge in [0.25, 0.3) is 5.91 Å². The molecule has 1 amide bonds. The van der Waals surface area contributed by atoms with Gasteiger partial charge in [-0.05, 0) is 77.9 Å². The standard InChI is InChI=1S/C25H18FN5O4/c1-2-34-25(33)22-14-23(31(28-22)19-9-7-17(26)8-10-19)15-4-3-5-18(12-15)27-24(32)16-6-11-20-21(13-16)30-35-29-20/h3-14H,2H2,1H3,(H,27,32). The van der Waals surface area contributed by atoms with Crippen molar-refractivity contribution in [1.29, 1.82) is 0 Å². The van der Waals surface area contributed by atoms with Crippen molar-refractivity contribution in [3.63, 3.8) is 0 Å². The molecule has 0 unspecified atom stereocenters. The maximum atomic E-state index is 13.5. The van der Waals surface area contributed by atoms with Gasteiger partial charge in [0.05, 0.1) is 18.0 Å². The Morgan fingerprint density at radius 1 is 1.00 bits per heavy atom. The molecule has 0 saturated heterocycles. The minimum Gasteiger partial charge on any atom is -0.461 e. The average Bonchev–Trinajstić information content (AvgIpc) is 3.52. The Labute approximate surface area is 198 Å². The van der Waals surface area contributed by atoms with E-state index in [1.54, 1.807) is 61.5 Å². The van der Waals surface area contributed by atoms with Gasteiger partial charge in [-0.2, -0.15) is 5.10 Å². The zero-order chi connectivity index (χ0) is 24.4. The Hall–Kier alpha value is -4.86. The van der Waals surface area contributed by atoms with Crippen LogP contribution in [-0.2, 0) is 4.74 Å². The van der Waals surface area contributed by atoms with Crippen LogP contribution in [0, 0.1) is 5.82 Å². The average molecular weight is 471 g/mol. The number of hydrogen-bond acceptors (Lipinski definition) is 7. The molecule has 5 aromatic rings. The first kappa shape index (κ1) is 22.0. The third-order valence-electron chi connectivity index (χ3n) is 5.20. The molecule has 0 saturated carbocycles. The molecule has 0 radical (unpaired) electrons. The molecule has 0 bridgehead atoms. The lowest BCUT2D eigenvalue weighted by Crippen LogP contribution is -2.11. The number of nitrogens with one attached hydrogen (secondary N) is 1. The lowest BCUT2D eigenvalue weighted by molar-refractivity contribution is 0.0519. The summed E-state index contributed by atoms with van der Waals surface area (Å²) in [7, 11) is 0. The molecule has 10 heteroatoms. The van der Waals surface area contributed by atoms with Crippen LogP contribution in [0.4, 0.5) is 10.1 Å². The smallest absolute Gasteiger partial charge is 0.358 e. The van der Waals surface area contributed by atoms with E-state index in [1.165, 1.54) is 16.8 Å². The summed E-state index contributed by atoms with van der Waals surface area (Å²) in [5, 5.41) is 14.7. The highest BCUT2D eigenvalue weighted by Crippen LogP contribution is 2.27. The number of hydrogen-bond donors (Lipinski definition) is 1. The second-order valence-corrected chi connectivity index (χ2v) is 7.53. The summed E-state index contributed by atoms with van der Waals surface area (Å²) in [6, 6.07) is 19.2. The number of rotatable bonds is 6. The Bertz CT molecular complexity index is 1540. The third-order valence-corrected chi connectivity index (χ3v) is 5.20. The van der Waals surface area contributed by atoms with E-state index in [2.05, 4.69) is 25.4 Å². The van der Waals surface area contributed by atoms with Gasteiger partial charge in [0, 0.05) is 16.8 Å². The molecule has 2 aromatic heterocycles. The minimum atomic E-state index is -0.572. The molecule has 35 heavy (non-hydrogen) atoms. The number of esters is 1. The Morgan fingerprint density at radius 3 is 2.60 bits per heavy atom. The molecule has 0 atom stereocenters. The topological polar surface area (TPSA) is 112 Å². The minimum absolute atomic E-state index is 0.107. The number of anilines is 1. The molecule has 1 N–H and O–H groups in total. The van der Waals surface area contributed by atoms with Crippen molar-refractivity contribution in [1.82, 2.24) is 20.1 Å². The lowest BCUT2D eigenvalue weighted by Gasteiger charge is -2.10. The van der Waals surface area contributed by atoms with Crippen LogP contribution < -0.4 is 5.32 Å². The SMILES string of the molecule is CCOC(=O)c1cc(-c2cccc(NC(=O)c3ccc4nonc4c3)c2)n(-c2ccc(F)cc2)n1. The number of carbonyl (C=O) groups excluding carboxylic acids is 2. The summed E-state index contributed by atoms with van der Waals surface area (Å²) < 4.78 is 24.8. The number of nitrogens with zero attached hydrogens (tertiary/aromatic N) is 4. The molecule has 0 aliphatic carbocycles. The van der Waals surface area contributed by atoms with Crippen LogP contribution >= 0.6 is 0 Å². The largest absolute Gasteiger partial charge is 0.461 e. The predicted octanol–water partition coefficient (Wildman–Crippen LogP) is 4.64. The van der Waals surface area contributed by atoms with Crippen molar-refractivity contribution in [2.75, 3.05) is 11.9 Å². The molecular weight excluding hydrogens is 453 g/mol. The van der Waals surface area contributed by atoms with Crippen molar-refractivity contribution >= 4 is 28.6 Å². The summed E-state index contributed by atoms with van der Waals surface area (Å²) >= 11 is 0. The molecule has 3 aromatic carbocycles. The van der Waals surface area contributed by atoms with Crippen molar-refractivity contribution < 1.29 is 23.3 Å². The molecule has 0 fully saturated rings. The molecule has 0 aliphatic heterocycles. The molecule has 9 nitrogen and oxygen atoms in total. The number of amides is 1. The van der Waals surface area contributed by atoms with E-state index in [0.717, 1.165) is 0 Å². The first-order chi connectivity index (χ1) is 17.0. The number of ether oxygens (including phenoxy) is 1.